The molecule has 3 heterocycles. The second-order valence-electron chi connectivity index (χ2n) is 10.0. The molecule has 0 radical (unpaired) electrons. The molecule has 14 heteroatoms. The fraction of sp³-hybridized carbons (Fsp3) is 0.241. The third kappa shape index (κ3) is 6.86. The number of aromatic nitrogens is 1. The lowest BCUT2D eigenvalue weighted by Gasteiger charge is -2.30. The highest BCUT2D eigenvalue weighted by Crippen LogP contribution is 2.40. The Hall–Kier alpha value is -4.30. The van der Waals surface area contributed by atoms with Crippen molar-refractivity contribution >= 4 is 38.8 Å². The van der Waals surface area contributed by atoms with Crippen LogP contribution in [0, 0.1) is 0 Å². The number of hydrogen-bond acceptors (Lipinski definition) is 6. The van der Waals surface area contributed by atoms with Crippen LogP contribution in [0.2, 0.25) is 0 Å². The smallest absolute Gasteiger partial charge is 0.420 e. The van der Waals surface area contributed by atoms with Crippen LogP contribution in [-0.4, -0.2) is 42.6 Å². The quantitative estimate of drug-likeness (QED) is 0.198. The number of benzene rings is 2. The number of halogens is 5. The van der Waals surface area contributed by atoms with E-state index in [1.165, 1.54) is 54.7 Å². The molecule has 0 spiro atoms. The number of amides is 1. The van der Waals surface area contributed by atoms with Gasteiger partial charge in [-0.25, -0.2) is 22.2 Å². The number of furan rings is 1. The van der Waals surface area contributed by atoms with Gasteiger partial charge in [-0.1, -0.05) is 12.1 Å². The van der Waals surface area contributed by atoms with Crippen LogP contribution in [0.4, 0.5) is 27.8 Å². The Morgan fingerprint density at radius 2 is 1.74 bits per heavy atom. The number of sulfonamides is 1. The maximum absolute atomic E-state index is 14.0. The number of rotatable bonds is 7. The molecule has 0 atom stereocenters. The fourth-order valence-electron chi connectivity index (χ4n) is 4.61. The molecular formula is C29H25F5N4O4S. The molecule has 43 heavy (non-hydrogen) atoms. The lowest BCUT2D eigenvalue weighted by Crippen LogP contribution is -2.42. The minimum Gasteiger partial charge on any atom is -0.459 e. The second kappa shape index (κ2) is 11.4. The molecule has 1 saturated heterocycles. The molecule has 0 unspecified atom stereocenters. The molecule has 0 aliphatic carbocycles. The van der Waals surface area contributed by atoms with Crippen molar-refractivity contribution in [3.8, 4) is 11.1 Å². The number of anilines is 1. The summed E-state index contributed by atoms with van der Waals surface area (Å²) in [5, 5.41) is 2.68. The summed E-state index contributed by atoms with van der Waals surface area (Å²) in [6.45, 7) is -0.843. The zero-order valence-electron chi connectivity index (χ0n) is 22.4. The number of pyridine rings is 1. The van der Waals surface area contributed by atoms with Crippen LogP contribution in [-0.2, 0) is 27.5 Å². The number of nitrogens with two attached hydrogens (primary N) is 1. The Labute approximate surface area is 243 Å². The van der Waals surface area contributed by atoms with Gasteiger partial charge in [0.15, 0.2) is 0 Å². The maximum Gasteiger partial charge on any atom is 0.420 e. The summed E-state index contributed by atoms with van der Waals surface area (Å²) in [5.41, 5.74) is 5.14. The van der Waals surface area contributed by atoms with Crippen LogP contribution in [0.25, 0.3) is 28.2 Å². The SMILES string of the molecule is Nc1ccc(/C=C/C(=O)NCc2cc3cc(-c4ccc(S(=O)(=O)N5CCC(F)(F)CC5)cc4)cc(C(F)(F)F)c3o2)cn1. The molecule has 2 aromatic carbocycles. The average molecular weight is 621 g/mol. The number of carbonyl (C=O) groups is 1. The van der Waals surface area contributed by atoms with Gasteiger partial charge in [-0.3, -0.25) is 4.79 Å². The van der Waals surface area contributed by atoms with Crippen LogP contribution in [0.5, 0.6) is 0 Å². The average Bonchev–Trinajstić information content (AvgIpc) is 3.37. The molecule has 1 fully saturated rings. The first-order chi connectivity index (χ1) is 20.2. The number of piperidine rings is 1. The lowest BCUT2D eigenvalue weighted by atomic mass is 10.0. The van der Waals surface area contributed by atoms with E-state index in [2.05, 4.69) is 10.3 Å². The first-order valence-electron chi connectivity index (χ1n) is 13.0. The summed E-state index contributed by atoms with van der Waals surface area (Å²) >= 11 is 0. The van der Waals surface area contributed by atoms with Gasteiger partial charge < -0.3 is 15.5 Å². The van der Waals surface area contributed by atoms with Gasteiger partial charge in [-0.15, -0.1) is 0 Å². The van der Waals surface area contributed by atoms with Crippen LogP contribution in [0.15, 0.2) is 76.2 Å². The van der Waals surface area contributed by atoms with E-state index in [-0.39, 0.29) is 41.2 Å². The minimum absolute atomic E-state index is 0.0853. The zero-order chi connectivity index (χ0) is 31.0. The zero-order valence-corrected chi connectivity index (χ0v) is 23.2. The molecule has 226 valence electrons. The summed E-state index contributed by atoms with van der Waals surface area (Å²) in [5.74, 6) is -3.02. The van der Waals surface area contributed by atoms with E-state index in [1.54, 1.807) is 12.1 Å². The number of nitrogens with one attached hydrogen (secondary N) is 1. The predicted octanol–water partition coefficient (Wildman–Crippen LogP) is 5.85. The third-order valence-corrected chi connectivity index (χ3v) is 8.84. The molecule has 1 aliphatic heterocycles. The molecule has 1 aliphatic rings. The summed E-state index contributed by atoms with van der Waals surface area (Å²) in [6, 6.07) is 12.2. The van der Waals surface area contributed by atoms with E-state index in [9.17, 15) is 35.2 Å². The maximum atomic E-state index is 14.0. The van der Waals surface area contributed by atoms with Crippen molar-refractivity contribution in [2.24, 2.45) is 0 Å². The number of nitrogens with zero attached hydrogens (tertiary/aromatic N) is 2. The van der Waals surface area contributed by atoms with Gasteiger partial charge in [0.2, 0.25) is 15.9 Å². The molecule has 5 rings (SSSR count). The van der Waals surface area contributed by atoms with Crippen molar-refractivity contribution in [2.45, 2.75) is 36.4 Å². The van der Waals surface area contributed by atoms with Gasteiger partial charge in [0.25, 0.3) is 5.92 Å². The summed E-state index contributed by atoms with van der Waals surface area (Å²) in [6.07, 6.45) is -1.74. The third-order valence-electron chi connectivity index (χ3n) is 6.93. The van der Waals surface area contributed by atoms with Crippen molar-refractivity contribution < 1.29 is 39.6 Å². The summed E-state index contributed by atoms with van der Waals surface area (Å²) in [4.78, 5) is 16.0. The van der Waals surface area contributed by atoms with Crippen molar-refractivity contribution in [1.82, 2.24) is 14.6 Å². The van der Waals surface area contributed by atoms with E-state index in [0.717, 1.165) is 10.4 Å². The number of alkyl halides is 5. The highest BCUT2D eigenvalue weighted by Gasteiger charge is 2.39. The van der Waals surface area contributed by atoms with E-state index in [4.69, 9.17) is 10.2 Å². The largest absolute Gasteiger partial charge is 0.459 e. The van der Waals surface area contributed by atoms with Gasteiger partial charge in [0, 0.05) is 43.6 Å². The molecular weight excluding hydrogens is 595 g/mol. The monoisotopic (exact) mass is 620 g/mol. The van der Waals surface area contributed by atoms with Gasteiger partial charge in [0.1, 0.15) is 17.2 Å². The highest BCUT2D eigenvalue weighted by atomic mass is 32.2. The fourth-order valence-corrected chi connectivity index (χ4v) is 6.05. The molecule has 0 bridgehead atoms. The molecule has 0 saturated carbocycles. The normalized spacial score (nSPS) is 16.1. The Morgan fingerprint density at radius 3 is 2.37 bits per heavy atom. The van der Waals surface area contributed by atoms with Crippen LogP contribution in [0.1, 0.15) is 29.7 Å². The first kappa shape index (κ1) is 30.2. The Kier molecular flexibility index (Phi) is 8.01. The Morgan fingerprint density at radius 1 is 1.05 bits per heavy atom. The topological polar surface area (TPSA) is 119 Å². The van der Waals surface area contributed by atoms with Gasteiger partial charge in [-0.05, 0) is 65.2 Å². The minimum atomic E-state index is -4.78. The van der Waals surface area contributed by atoms with Crippen LogP contribution >= 0.6 is 0 Å². The van der Waals surface area contributed by atoms with Crippen LogP contribution in [0.3, 0.4) is 0 Å². The summed E-state index contributed by atoms with van der Waals surface area (Å²) in [7, 11) is -4.05. The van der Waals surface area contributed by atoms with Gasteiger partial charge in [0.05, 0.1) is 17.0 Å². The van der Waals surface area contributed by atoms with Gasteiger partial charge >= 0.3 is 6.18 Å². The summed E-state index contributed by atoms with van der Waals surface area (Å²) < 4.78 is 101. The predicted molar refractivity (Wildman–Crippen MR) is 149 cm³/mol. The molecule has 1 amide bonds. The molecule has 8 nitrogen and oxygen atoms in total. The molecule has 2 aromatic heterocycles. The Bertz CT molecular complexity index is 1770. The van der Waals surface area contributed by atoms with E-state index >= 15 is 0 Å². The Balaban J connectivity index is 1.35. The number of hydrogen-bond donors (Lipinski definition) is 2. The first-order valence-corrected chi connectivity index (χ1v) is 14.4. The van der Waals surface area contributed by atoms with Crippen molar-refractivity contribution in [2.75, 3.05) is 18.8 Å². The molecule has 3 N–H and O–H groups in total. The second-order valence-corrected chi connectivity index (χ2v) is 11.9. The highest BCUT2D eigenvalue weighted by molar-refractivity contribution is 7.89. The lowest BCUT2D eigenvalue weighted by molar-refractivity contribution is -0.136. The van der Waals surface area contributed by atoms with Crippen molar-refractivity contribution in [3.05, 3.63) is 83.8 Å². The van der Waals surface area contributed by atoms with Crippen LogP contribution < -0.4 is 11.1 Å². The van der Waals surface area contributed by atoms with Crippen molar-refractivity contribution in [3.63, 3.8) is 0 Å². The number of nitrogen functional groups attached to an aromatic ring is 1. The van der Waals surface area contributed by atoms with E-state index < -0.39 is 52.0 Å². The van der Waals surface area contributed by atoms with Gasteiger partial charge in [-0.2, -0.15) is 17.5 Å². The van der Waals surface area contributed by atoms with Crippen molar-refractivity contribution in [1.29, 1.82) is 0 Å². The van der Waals surface area contributed by atoms with E-state index in [1.807, 2.05) is 0 Å². The van der Waals surface area contributed by atoms with E-state index in [0.29, 0.717) is 16.9 Å². The number of fused-ring (bicyclic) bond motifs is 1. The number of carbonyl (C=O) groups excluding carboxylic acids is 1. The standard InChI is InChI=1S/C29H25F5N4O4S/c30-28(31)9-11-38(12-10-28)43(40,41)23-5-3-19(4-6-23)20-13-21-14-22(42-27(21)24(15-20)29(32,33)34)17-37-26(39)8-2-18-1-7-25(35)36-16-18/h1-8,13-16H,9-12,17H2,(H2,35,36)(H,37,39)/b8-2+. The molecule has 4 aromatic rings.